The Morgan fingerprint density at radius 3 is 2.67 bits per heavy atom. The average molecular weight is 328 g/mol. The summed E-state index contributed by atoms with van der Waals surface area (Å²) in [7, 11) is 0. The molecule has 2 rings (SSSR count). The summed E-state index contributed by atoms with van der Waals surface area (Å²) in [5.74, 6) is 4.11. The van der Waals surface area contributed by atoms with Crippen LogP contribution >= 0.6 is 0 Å². The first-order valence-electron chi connectivity index (χ1n) is 7.96. The molecule has 1 aliphatic rings. The van der Waals surface area contributed by atoms with Crippen LogP contribution in [0.1, 0.15) is 31.7 Å². The van der Waals surface area contributed by atoms with E-state index in [1.54, 1.807) is 11.8 Å². The molecule has 1 fully saturated rings. The molecule has 1 saturated heterocycles. The van der Waals surface area contributed by atoms with Crippen LogP contribution in [0, 0.1) is 11.8 Å². The molecule has 1 aliphatic heterocycles. The fourth-order valence-corrected chi connectivity index (χ4v) is 2.34. The fourth-order valence-electron chi connectivity index (χ4n) is 2.34. The van der Waals surface area contributed by atoms with Crippen molar-refractivity contribution >= 4 is 23.5 Å². The number of esters is 1. The first-order valence-corrected chi connectivity index (χ1v) is 7.96. The maximum absolute atomic E-state index is 11.9. The number of rotatable bonds is 3. The van der Waals surface area contributed by atoms with Gasteiger partial charge in [-0.15, -0.1) is 0 Å². The van der Waals surface area contributed by atoms with E-state index < -0.39 is 11.9 Å². The minimum Gasteiger partial charge on any atom is -0.459 e. The van der Waals surface area contributed by atoms with Gasteiger partial charge in [-0.25, -0.2) is 4.79 Å². The minimum atomic E-state index is -0.908. The zero-order chi connectivity index (χ0) is 17.4. The summed E-state index contributed by atoms with van der Waals surface area (Å²) < 4.78 is 4.57. The number of ether oxygens (including phenoxy) is 1. The number of piperidine rings is 1. The highest BCUT2D eigenvalue weighted by Crippen LogP contribution is 2.20. The monoisotopic (exact) mass is 328 g/mol. The molecular weight excluding hydrogens is 308 g/mol. The van der Waals surface area contributed by atoms with Gasteiger partial charge in [0.15, 0.2) is 0 Å². The Balaban J connectivity index is 1.87. The van der Waals surface area contributed by atoms with Gasteiger partial charge in [0.25, 0.3) is 0 Å². The van der Waals surface area contributed by atoms with Crippen molar-refractivity contribution in [2.45, 2.75) is 26.2 Å². The van der Waals surface area contributed by atoms with Gasteiger partial charge in [0.2, 0.25) is 5.91 Å². The Labute approximate surface area is 141 Å². The molecule has 126 valence electrons. The first kappa shape index (κ1) is 17.5. The largest absolute Gasteiger partial charge is 0.459 e. The van der Waals surface area contributed by atoms with Crippen LogP contribution in [0.15, 0.2) is 24.3 Å². The van der Waals surface area contributed by atoms with Gasteiger partial charge in [-0.2, -0.15) is 0 Å². The van der Waals surface area contributed by atoms with Crippen LogP contribution in [-0.4, -0.2) is 37.5 Å². The third-order valence-electron chi connectivity index (χ3n) is 3.53. The molecule has 0 saturated carbocycles. The Morgan fingerprint density at radius 2 is 2.00 bits per heavy atom. The van der Waals surface area contributed by atoms with Crippen molar-refractivity contribution in [1.82, 2.24) is 5.32 Å². The van der Waals surface area contributed by atoms with Crippen molar-refractivity contribution in [3.05, 3.63) is 29.8 Å². The highest BCUT2D eigenvalue weighted by Gasteiger charge is 2.19. The molecule has 24 heavy (non-hydrogen) atoms. The number of amides is 2. The molecule has 0 atom stereocenters. The lowest BCUT2D eigenvalue weighted by molar-refractivity contribution is -0.154. The van der Waals surface area contributed by atoms with Crippen molar-refractivity contribution in [1.29, 1.82) is 0 Å². The standard InChI is InChI=1S/C18H20N2O4/c1-2-24-18(23)17(22)19-12-5-6-14-8-10-15(11-9-14)20-13-4-3-7-16(20)21/h8-11H,2-4,7,12-13H2,1H3,(H,19,22). The number of nitrogens with zero attached hydrogens (tertiary/aromatic N) is 1. The van der Waals surface area contributed by atoms with Gasteiger partial charge >= 0.3 is 11.9 Å². The second-order valence-electron chi connectivity index (χ2n) is 5.25. The SMILES string of the molecule is CCOC(=O)C(=O)NCC#Cc1ccc(N2CCCCC2=O)cc1. The first-order chi connectivity index (χ1) is 11.6. The summed E-state index contributed by atoms with van der Waals surface area (Å²) >= 11 is 0. The number of hydrogen-bond donors (Lipinski definition) is 1. The number of carbonyl (C=O) groups is 3. The van der Waals surface area contributed by atoms with Crippen LogP contribution in [0.3, 0.4) is 0 Å². The number of benzene rings is 1. The molecule has 0 aliphatic carbocycles. The topological polar surface area (TPSA) is 75.7 Å². The van der Waals surface area contributed by atoms with Crippen LogP contribution in [0.5, 0.6) is 0 Å². The van der Waals surface area contributed by atoms with E-state index in [9.17, 15) is 14.4 Å². The summed E-state index contributed by atoms with van der Waals surface area (Å²) in [6.07, 6.45) is 2.57. The molecule has 6 nitrogen and oxygen atoms in total. The van der Waals surface area contributed by atoms with Gasteiger partial charge in [-0.05, 0) is 44.0 Å². The Hall–Kier alpha value is -2.81. The number of nitrogens with one attached hydrogen (secondary N) is 1. The zero-order valence-electron chi connectivity index (χ0n) is 13.6. The van der Waals surface area contributed by atoms with Crippen LogP contribution < -0.4 is 10.2 Å². The normalized spacial score (nSPS) is 13.7. The molecule has 1 N–H and O–H groups in total. The molecule has 0 radical (unpaired) electrons. The van der Waals surface area contributed by atoms with E-state index in [1.807, 2.05) is 24.3 Å². The highest BCUT2D eigenvalue weighted by atomic mass is 16.5. The zero-order valence-corrected chi connectivity index (χ0v) is 13.6. The average Bonchev–Trinajstić information content (AvgIpc) is 2.60. The second kappa shape index (κ2) is 8.73. The summed E-state index contributed by atoms with van der Waals surface area (Å²) in [6, 6.07) is 7.39. The van der Waals surface area contributed by atoms with E-state index in [0.29, 0.717) is 6.42 Å². The molecule has 0 unspecified atom stereocenters. The van der Waals surface area contributed by atoms with Crippen LogP contribution in [0.2, 0.25) is 0 Å². The van der Waals surface area contributed by atoms with Crippen LogP contribution in [-0.2, 0) is 19.1 Å². The Morgan fingerprint density at radius 1 is 1.25 bits per heavy atom. The van der Waals surface area contributed by atoms with Crippen LogP contribution in [0.25, 0.3) is 0 Å². The number of carbonyl (C=O) groups excluding carboxylic acids is 3. The molecule has 1 heterocycles. The van der Waals surface area contributed by atoms with Gasteiger partial charge < -0.3 is 15.0 Å². The molecule has 6 heteroatoms. The fraction of sp³-hybridized carbons (Fsp3) is 0.389. The van der Waals surface area contributed by atoms with E-state index in [1.165, 1.54) is 0 Å². The van der Waals surface area contributed by atoms with Crippen LogP contribution in [0.4, 0.5) is 5.69 Å². The summed E-state index contributed by atoms with van der Waals surface area (Å²) in [6.45, 7) is 2.60. The minimum absolute atomic E-state index is 0.0595. The summed E-state index contributed by atoms with van der Waals surface area (Å²) in [5.41, 5.74) is 1.65. The van der Waals surface area contributed by atoms with Gasteiger partial charge in [0.1, 0.15) is 0 Å². The van der Waals surface area contributed by atoms with Gasteiger partial charge in [0, 0.05) is 24.2 Å². The number of hydrogen-bond acceptors (Lipinski definition) is 4. The van der Waals surface area contributed by atoms with Crippen molar-refractivity contribution in [2.75, 3.05) is 24.6 Å². The van der Waals surface area contributed by atoms with Crippen molar-refractivity contribution in [3.63, 3.8) is 0 Å². The summed E-state index contributed by atoms with van der Waals surface area (Å²) in [4.78, 5) is 36.1. The van der Waals surface area contributed by atoms with Gasteiger partial charge in [-0.1, -0.05) is 11.8 Å². The third-order valence-corrected chi connectivity index (χ3v) is 3.53. The smallest absolute Gasteiger partial charge is 0.396 e. The van der Waals surface area contributed by atoms with Gasteiger partial charge in [0.05, 0.1) is 13.2 Å². The van der Waals surface area contributed by atoms with E-state index in [-0.39, 0.29) is 19.1 Å². The van der Waals surface area contributed by atoms with E-state index >= 15 is 0 Å². The molecule has 1 aromatic rings. The summed E-state index contributed by atoms with van der Waals surface area (Å²) in [5, 5.41) is 2.37. The Kier molecular flexibility index (Phi) is 6.38. The van der Waals surface area contributed by atoms with E-state index in [0.717, 1.165) is 30.6 Å². The van der Waals surface area contributed by atoms with E-state index in [2.05, 4.69) is 21.9 Å². The lowest BCUT2D eigenvalue weighted by atomic mass is 10.1. The highest BCUT2D eigenvalue weighted by molar-refractivity contribution is 6.32. The third kappa shape index (κ3) is 4.85. The lowest BCUT2D eigenvalue weighted by Gasteiger charge is -2.26. The predicted molar refractivity (Wildman–Crippen MR) is 89.2 cm³/mol. The maximum Gasteiger partial charge on any atom is 0.396 e. The molecule has 0 bridgehead atoms. The second-order valence-corrected chi connectivity index (χ2v) is 5.25. The quantitative estimate of drug-likeness (QED) is 0.514. The van der Waals surface area contributed by atoms with Gasteiger partial charge in [-0.3, -0.25) is 9.59 Å². The van der Waals surface area contributed by atoms with Crippen molar-refractivity contribution in [2.24, 2.45) is 0 Å². The molecule has 0 aromatic heterocycles. The van der Waals surface area contributed by atoms with Crippen molar-refractivity contribution < 1.29 is 19.1 Å². The molecule has 0 spiro atoms. The lowest BCUT2D eigenvalue weighted by Crippen LogP contribution is -2.35. The molecule has 2 amide bonds. The molecular formula is C18H20N2O4. The Bertz CT molecular complexity index is 670. The predicted octanol–water partition coefficient (Wildman–Crippen LogP) is 1.23. The van der Waals surface area contributed by atoms with E-state index in [4.69, 9.17) is 0 Å². The molecule has 1 aromatic carbocycles. The number of anilines is 1. The maximum atomic E-state index is 11.9. The van der Waals surface area contributed by atoms with Crippen molar-refractivity contribution in [3.8, 4) is 11.8 Å².